The van der Waals surface area contributed by atoms with Crippen molar-refractivity contribution >= 4 is 23.4 Å². The fraction of sp³-hybridized carbons (Fsp3) is 0.782. The third-order valence-corrected chi connectivity index (χ3v) is 15.6. The first-order valence-corrected chi connectivity index (χ1v) is 26.5. The first kappa shape index (κ1) is 60.2. The summed E-state index contributed by atoms with van der Waals surface area (Å²) in [4.78, 5) is 50.2. The summed E-state index contributed by atoms with van der Waals surface area (Å²) in [6, 6.07) is -1.11. The van der Waals surface area contributed by atoms with Crippen LogP contribution in [0.25, 0.3) is 0 Å². The van der Waals surface area contributed by atoms with Gasteiger partial charge in [0.15, 0.2) is 0 Å². The van der Waals surface area contributed by atoms with E-state index in [0.29, 0.717) is 82.2 Å². The minimum absolute atomic E-state index is 0.0366. The number of carbonyl (C=O) groups is 3. The van der Waals surface area contributed by atoms with Crippen molar-refractivity contribution in [2.75, 3.05) is 41.0 Å². The average Bonchev–Trinajstić information content (AvgIpc) is 3.35. The van der Waals surface area contributed by atoms with Gasteiger partial charge in [0, 0.05) is 58.5 Å². The zero-order chi connectivity index (χ0) is 52.4. The molecule has 2 bridgehead atoms. The summed E-state index contributed by atoms with van der Waals surface area (Å²) in [7, 11) is 4.71. The largest absolute Gasteiger partial charge is 0.460 e. The Kier molecular flexibility index (Phi) is 25.1. The van der Waals surface area contributed by atoms with Crippen molar-refractivity contribution in [1.82, 2.24) is 4.90 Å². The Labute approximate surface area is 424 Å². The number of ketones is 1. The summed E-state index contributed by atoms with van der Waals surface area (Å²) in [5.41, 5.74) is 7.72. The highest BCUT2D eigenvalue weighted by atomic mass is 16.6. The van der Waals surface area contributed by atoms with Gasteiger partial charge in [-0.05, 0) is 126 Å². The maximum absolute atomic E-state index is 14.5. The Bertz CT molecular complexity index is 1840. The smallest absolute Gasteiger partial charge is 0.329 e. The van der Waals surface area contributed by atoms with Crippen molar-refractivity contribution in [2.45, 2.75) is 199 Å². The maximum Gasteiger partial charge on any atom is 0.329 e. The molecule has 3 fully saturated rings. The summed E-state index contributed by atoms with van der Waals surface area (Å²) in [5, 5.41) is 51.1. The molecule has 1 saturated carbocycles. The Morgan fingerprint density at radius 3 is 2.30 bits per heavy atom. The highest BCUT2D eigenvalue weighted by Gasteiger charge is 2.53. The number of esters is 1. The molecular formula is C55H91N3O13. The Hall–Kier alpha value is -3.32. The standard InChI is InChI=1S/C55H91N3O13/c1-34-18-12-11-13-19-35(2)46(66-8)32-42-23-21-40(7)55(65,71-42)52(62)53(63)58-26-16-14-20-43(58)54(64)70-47(37(4)30-41-22-24-44(59)48(31-41)67-9)33-45(60)36(3)29-39(6)50(61)51(68-10)49(38(5)28-34)57-69-27-17-15-25-56/h11-13,18-19,29,34,36-38,40-48,50-51,59-61,65H,14-17,20-28,30-33,56H2,1-10H3/b13-11+,18-12+,35-19+,39-29+,57-49?/t34-,36-,37-,38-,40-,41+,42+,43+,44-,45-,46+,47+,48-,50-,51+,55-/m1/s1. The third kappa shape index (κ3) is 17.1. The van der Waals surface area contributed by atoms with Crippen molar-refractivity contribution < 1.29 is 63.3 Å². The van der Waals surface area contributed by atoms with Gasteiger partial charge in [-0.15, -0.1) is 0 Å². The lowest BCUT2D eigenvalue weighted by molar-refractivity contribution is -0.265. The van der Waals surface area contributed by atoms with Gasteiger partial charge in [0.25, 0.3) is 11.7 Å². The van der Waals surface area contributed by atoms with Crippen LogP contribution in [0.1, 0.15) is 138 Å². The molecule has 1 aliphatic carbocycles. The lowest BCUT2D eigenvalue weighted by atomic mass is 9.78. The lowest BCUT2D eigenvalue weighted by Crippen LogP contribution is -2.61. The predicted octanol–water partition coefficient (Wildman–Crippen LogP) is 6.51. The second kappa shape index (κ2) is 29.5. The number of aliphatic hydroxyl groups is 4. The van der Waals surface area contributed by atoms with E-state index in [-0.39, 0.29) is 49.2 Å². The summed E-state index contributed by atoms with van der Waals surface area (Å²) >= 11 is 0. The zero-order valence-corrected chi connectivity index (χ0v) is 44.6. The van der Waals surface area contributed by atoms with E-state index in [9.17, 15) is 34.8 Å². The van der Waals surface area contributed by atoms with Crippen LogP contribution >= 0.6 is 0 Å². The van der Waals surface area contributed by atoms with Gasteiger partial charge in [0.1, 0.15) is 31.0 Å². The summed E-state index contributed by atoms with van der Waals surface area (Å²) in [5.74, 6) is -6.64. The fourth-order valence-corrected chi connectivity index (χ4v) is 10.8. The number of fused-ring (bicyclic) bond motifs is 3. The van der Waals surface area contributed by atoms with Gasteiger partial charge in [0.05, 0.1) is 36.2 Å². The number of nitrogens with two attached hydrogens (primary N) is 1. The molecule has 0 aromatic carbocycles. The number of allylic oxidation sites excluding steroid dienone is 5. The number of rotatable bonds is 11. The minimum atomic E-state index is -2.42. The van der Waals surface area contributed by atoms with Gasteiger partial charge < -0.3 is 59.6 Å². The lowest BCUT2D eigenvalue weighted by Gasteiger charge is -2.43. The Morgan fingerprint density at radius 2 is 1.61 bits per heavy atom. The fourth-order valence-electron chi connectivity index (χ4n) is 10.8. The summed E-state index contributed by atoms with van der Waals surface area (Å²) in [6.45, 7) is 14.4. The molecule has 3 aliphatic heterocycles. The van der Waals surface area contributed by atoms with E-state index in [0.717, 1.165) is 24.8 Å². The normalized spacial score (nSPS) is 39.6. The minimum Gasteiger partial charge on any atom is -0.460 e. The van der Waals surface area contributed by atoms with Crippen LogP contribution in [0.5, 0.6) is 0 Å². The quantitative estimate of drug-likeness (QED) is 0.0489. The van der Waals surface area contributed by atoms with Crippen LogP contribution in [0, 0.1) is 35.5 Å². The molecule has 2 saturated heterocycles. The maximum atomic E-state index is 14.5. The summed E-state index contributed by atoms with van der Waals surface area (Å²) in [6.07, 6.45) is 13.4. The van der Waals surface area contributed by atoms with Crippen molar-refractivity contribution in [3.8, 4) is 0 Å². The first-order valence-electron chi connectivity index (χ1n) is 26.5. The van der Waals surface area contributed by atoms with Gasteiger partial charge in [-0.3, -0.25) is 9.59 Å². The molecule has 4 rings (SSSR count). The van der Waals surface area contributed by atoms with E-state index >= 15 is 0 Å². The second-order valence-corrected chi connectivity index (χ2v) is 21.2. The second-order valence-electron chi connectivity index (χ2n) is 21.2. The number of piperidine rings is 1. The monoisotopic (exact) mass is 1000 g/mol. The molecule has 0 unspecified atom stereocenters. The zero-order valence-electron chi connectivity index (χ0n) is 44.6. The molecule has 4 aliphatic rings. The summed E-state index contributed by atoms with van der Waals surface area (Å²) < 4.78 is 30.1. The molecule has 6 N–H and O–H groups in total. The molecule has 71 heavy (non-hydrogen) atoms. The molecule has 0 aromatic rings. The van der Waals surface area contributed by atoms with Crippen molar-refractivity contribution in [3.05, 3.63) is 47.6 Å². The number of carbonyl (C=O) groups excluding carboxylic acids is 3. The highest BCUT2D eigenvalue weighted by Crippen LogP contribution is 2.38. The van der Waals surface area contributed by atoms with Crippen LogP contribution in [-0.2, 0) is 42.9 Å². The van der Waals surface area contributed by atoms with Crippen LogP contribution in [0.2, 0.25) is 0 Å². The molecule has 3 heterocycles. The van der Waals surface area contributed by atoms with Crippen LogP contribution < -0.4 is 5.73 Å². The predicted molar refractivity (Wildman–Crippen MR) is 273 cm³/mol. The van der Waals surface area contributed by atoms with Crippen LogP contribution in [0.15, 0.2) is 52.8 Å². The third-order valence-electron chi connectivity index (χ3n) is 15.6. The Balaban J connectivity index is 1.74. The molecular weight excluding hydrogens is 911 g/mol. The van der Waals surface area contributed by atoms with Crippen LogP contribution in [0.4, 0.5) is 0 Å². The molecule has 16 nitrogen and oxygen atoms in total. The van der Waals surface area contributed by atoms with Gasteiger partial charge >= 0.3 is 5.97 Å². The van der Waals surface area contributed by atoms with Gasteiger partial charge in [-0.1, -0.05) is 76.2 Å². The van der Waals surface area contributed by atoms with Crippen LogP contribution in [-0.4, -0.2) is 150 Å². The van der Waals surface area contributed by atoms with Gasteiger partial charge in [0.2, 0.25) is 5.79 Å². The van der Waals surface area contributed by atoms with E-state index in [4.69, 9.17) is 34.3 Å². The van der Waals surface area contributed by atoms with Crippen LogP contribution in [0.3, 0.4) is 0 Å². The average molecular weight is 1000 g/mol. The molecule has 404 valence electrons. The number of aliphatic hydroxyl groups excluding tert-OH is 3. The highest BCUT2D eigenvalue weighted by molar-refractivity contribution is 6.39. The number of hydrogen-bond acceptors (Lipinski definition) is 15. The number of oxime groups is 1. The number of ether oxygens (including phenoxy) is 5. The SMILES string of the molecule is CO[C@H]1C[C@@H]2CC[C@@H](C)[C@@](O)(O2)C(=O)C(=O)N2CCCC[C@H]2C(=O)O[C@H]([C@H](C)C[C@@H]2CC[C@@H](O)[C@H](OC)C2)C[C@@H](O)[C@H](C)/C=C(\C)[C@@H](O)[C@@H](OC)C(=NOCCCCN)[C@H](C)C[C@H](C)/C=C/C=C/C=C/1C. The number of nitrogens with zero attached hydrogens (tertiary/aromatic N) is 2. The number of hydrogen-bond donors (Lipinski definition) is 5. The number of Topliss-reactive ketones (excluding diaryl/α,β-unsaturated/α-hetero) is 1. The number of cyclic esters (lactones) is 1. The number of amides is 1. The number of methoxy groups -OCH3 is 3. The molecule has 0 spiro atoms. The van der Waals surface area contributed by atoms with Gasteiger partial charge in [-0.2, -0.15) is 0 Å². The van der Waals surface area contributed by atoms with E-state index in [1.165, 1.54) is 12.0 Å². The number of unbranched alkanes of at least 4 members (excludes halogenated alkanes) is 1. The van der Waals surface area contributed by atoms with E-state index in [1.807, 2.05) is 52.0 Å². The molecule has 0 radical (unpaired) electrons. The van der Waals surface area contributed by atoms with Crippen molar-refractivity contribution in [1.29, 1.82) is 0 Å². The Morgan fingerprint density at radius 1 is 0.859 bits per heavy atom. The van der Waals surface area contributed by atoms with Gasteiger partial charge in [-0.25, -0.2) is 4.79 Å². The van der Waals surface area contributed by atoms with Crippen molar-refractivity contribution in [2.24, 2.45) is 46.4 Å². The topological polar surface area (TPSA) is 229 Å². The molecule has 1 amide bonds. The molecule has 16 heteroatoms. The first-order chi connectivity index (χ1) is 33.8. The van der Waals surface area contributed by atoms with E-state index < -0.39 is 84.1 Å². The van der Waals surface area contributed by atoms with E-state index in [1.54, 1.807) is 34.1 Å². The molecule has 16 atom stereocenters. The van der Waals surface area contributed by atoms with Crippen molar-refractivity contribution in [3.63, 3.8) is 0 Å². The molecule has 0 aromatic heterocycles. The van der Waals surface area contributed by atoms with E-state index in [2.05, 4.69) is 18.2 Å².